The van der Waals surface area contributed by atoms with Gasteiger partial charge in [-0.3, -0.25) is 14.5 Å². The Morgan fingerprint density at radius 3 is 2.55 bits per heavy atom. The van der Waals surface area contributed by atoms with Crippen molar-refractivity contribution in [3.8, 4) is 23.3 Å². The lowest BCUT2D eigenvalue weighted by atomic mass is 10.2. The molecule has 11 heteroatoms. The third kappa shape index (κ3) is 3.32. The molecule has 1 amide bonds. The topological polar surface area (TPSA) is 104 Å². The first-order valence-electron chi connectivity index (χ1n) is 9.51. The highest BCUT2D eigenvalue weighted by molar-refractivity contribution is 6.30. The van der Waals surface area contributed by atoms with E-state index in [4.69, 9.17) is 21.1 Å². The summed E-state index contributed by atoms with van der Waals surface area (Å²) in [6, 6.07) is 1.62. The van der Waals surface area contributed by atoms with E-state index in [2.05, 4.69) is 15.0 Å². The number of anilines is 1. The highest BCUT2D eigenvalue weighted by Crippen LogP contribution is 2.36. The molecule has 1 aliphatic heterocycles. The van der Waals surface area contributed by atoms with Crippen LogP contribution >= 0.6 is 11.6 Å². The quantitative estimate of drug-likeness (QED) is 0.595. The number of fused-ring (bicyclic) bond motifs is 1. The summed E-state index contributed by atoms with van der Waals surface area (Å²) in [5, 5.41) is 0.363. The number of rotatable bonds is 5. The molecule has 3 aromatic heterocycles. The molecule has 4 rings (SSSR count). The minimum Gasteiger partial charge on any atom is -0.480 e. The summed E-state index contributed by atoms with van der Waals surface area (Å²) in [6.45, 7) is 4.15. The second-order valence-electron chi connectivity index (χ2n) is 7.33. The Morgan fingerprint density at radius 1 is 1.16 bits per heavy atom. The Morgan fingerprint density at radius 2 is 1.90 bits per heavy atom. The normalized spacial score (nSPS) is 13.1. The van der Waals surface area contributed by atoms with E-state index in [-0.39, 0.29) is 47.3 Å². The maximum Gasteiger partial charge on any atom is 0.319 e. The van der Waals surface area contributed by atoms with Gasteiger partial charge in [0.25, 0.3) is 11.5 Å². The highest BCUT2D eigenvalue weighted by atomic mass is 35.5. The number of nitrogens with zero attached hydrogens (tertiary/aromatic N) is 6. The molecule has 0 radical (unpaired) electrons. The van der Waals surface area contributed by atoms with Gasteiger partial charge in [0.15, 0.2) is 5.69 Å². The van der Waals surface area contributed by atoms with Gasteiger partial charge in [0.2, 0.25) is 5.88 Å². The smallest absolute Gasteiger partial charge is 0.319 e. The van der Waals surface area contributed by atoms with Crippen molar-refractivity contribution in [1.29, 1.82) is 0 Å². The summed E-state index contributed by atoms with van der Waals surface area (Å²) in [6.07, 6.45) is 3.05. The van der Waals surface area contributed by atoms with E-state index in [0.717, 1.165) is 0 Å². The van der Waals surface area contributed by atoms with Crippen molar-refractivity contribution in [2.75, 3.05) is 19.1 Å². The van der Waals surface area contributed by atoms with Gasteiger partial charge >= 0.3 is 6.01 Å². The average molecular weight is 445 g/mol. The number of hydrogen-bond acceptors (Lipinski definition) is 7. The Bertz CT molecular complexity index is 1250. The van der Waals surface area contributed by atoms with E-state index in [1.807, 2.05) is 18.4 Å². The van der Waals surface area contributed by atoms with Crippen molar-refractivity contribution < 1.29 is 14.3 Å². The highest BCUT2D eigenvalue weighted by Gasteiger charge is 2.38. The van der Waals surface area contributed by atoms with E-state index >= 15 is 0 Å². The van der Waals surface area contributed by atoms with Crippen LogP contribution in [0.15, 0.2) is 23.3 Å². The van der Waals surface area contributed by atoms with Crippen LogP contribution in [0.25, 0.3) is 11.4 Å². The van der Waals surface area contributed by atoms with E-state index < -0.39 is 0 Å². The van der Waals surface area contributed by atoms with Crippen molar-refractivity contribution in [2.24, 2.45) is 7.05 Å². The van der Waals surface area contributed by atoms with Crippen LogP contribution in [0.5, 0.6) is 11.9 Å². The molecule has 0 bridgehead atoms. The number of amides is 1. The number of hydrogen-bond donors (Lipinski definition) is 0. The summed E-state index contributed by atoms with van der Waals surface area (Å²) in [7, 11) is 4.54. The Balaban J connectivity index is 1.85. The molecule has 31 heavy (non-hydrogen) atoms. The number of aryl methyl sites for hydroxylation is 1. The van der Waals surface area contributed by atoms with Gasteiger partial charge in [0.05, 0.1) is 37.0 Å². The van der Waals surface area contributed by atoms with Crippen LogP contribution in [0, 0.1) is 0 Å². The van der Waals surface area contributed by atoms with E-state index in [1.165, 1.54) is 35.9 Å². The lowest BCUT2D eigenvalue weighted by molar-refractivity contribution is 0.0992. The zero-order valence-corrected chi connectivity index (χ0v) is 18.5. The van der Waals surface area contributed by atoms with E-state index in [0.29, 0.717) is 22.1 Å². The van der Waals surface area contributed by atoms with Crippen molar-refractivity contribution >= 4 is 23.2 Å². The molecular formula is C20H21ClN6O4. The molecule has 0 fully saturated rings. The molecule has 0 aromatic carbocycles. The van der Waals surface area contributed by atoms with Gasteiger partial charge in [0, 0.05) is 25.5 Å². The zero-order valence-electron chi connectivity index (χ0n) is 17.7. The second kappa shape index (κ2) is 7.69. The summed E-state index contributed by atoms with van der Waals surface area (Å²) in [5.74, 6) is 0.417. The van der Waals surface area contributed by atoms with Crippen LogP contribution in [0.4, 0.5) is 5.69 Å². The maximum absolute atomic E-state index is 13.2. The average Bonchev–Trinajstić information content (AvgIpc) is 3.26. The fraction of sp³-hybridized carbons (Fsp3) is 0.350. The first-order valence-corrected chi connectivity index (χ1v) is 9.89. The number of pyridine rings is 1. The van der Waals surface area contributed by atoms with E-state index in [1.54, 1.807) is 13.2 Å². The number of carbonyl (C=O) groups is 1. The minimum atomic E-state index is -0.372. The summed E-state index contributed by atoms with van der Waals surface area (Å²) in [5.41, 5.74) is 1.38. The van der Waals surface area contributed by atoms with Crippen LogP contribution in [0.1, 0.15) is 36.1 Å². The van der Waals surface area contributed by atoms with Gasteiger partial charge in [-0.05, 0) is 19.9 Å². The summed E-state index contributed by atoms with van der Waals surface area (Å²) >= 11 is 6.12. The predicted molar refractivity (Wildman–Crippen MR) is 114 cm³/mol. The van der Waals surface area contributed by atoms with Gasteiger partial charge in [0.1, 0.15) is 11.5 Å². The Labute approximate surface area is 183 Å². The fourth-order valence-electron chi connectivity index (χ4n) is 3.68. The molecule has 0 saturated heterocycles. The zero-order chi connectivity index (χ0) is 22.4. The van der Waals surface area contributed by atoms with Crippen LogP contribution in [0.2, 0.25) is 5.02 Å². The van der Waals surface area contributed by atoms with Crippen LogP contribution in [-0.2, 0) is 13.6 Å². The molecule has 4 heterocycles. The monoisotopic (exact) mass is 444 g/mol. The van der Waals surface area contributed by atoms with Crippen molar-refractivity contribution in [3.05, 3.63) is 45.2 Å². The van der Waals surface area contributed by atoms with Crippen LogP contribution < -0.4 is 19.9 Å². The summed E-state index contributed by atoms with van der Waals surface area (Å²) < 4.78 is 13.7. The number of aromatic nitrogens is 5. The molecule has 0 atom stereocenters. The third-order valence-electron chi connectivity index (χ3n) is 5.05. The molecule has 3 aromatic rings. The fourth-order valence-corrected chi connectivity index (χ4v) is 3.93. The first kappa shape index (κ1) is 20.9. The van der Waals surface area contributed by atoms with Gasteiger partial charge in [-0.2, -0.15) is 4.98 Å². The van der Waals surface area contributed by atoms with Crippen LogP contribution in [0.3, 0.4) is 0 Å². The van der Waals surface area contributed by atoms with E-state index in [9.17, 15) is 9.59 Å². The molecule has 0 saturated carbocycles. The lowest BCUT2D eigenvalue weighted by Crippen LogP contribution is -2.32. The van der Waals surface area contributed by atoms with Crippen molar-refractivity contribution in [2.45, 2.75) is 26.4 Å². The van der Waals surface area contributed by atoms with Gasteiger partial charge in [-0.1, -0.05) is 11.6 Å². The molecule has 0 unspecified atom stereocenters. The number of ether oxygens (including phenoxy) is 2. The number of imidazole rings is 1. The molecule has 162 valence electrons. The molecule has 0 aliphatic carbocycles. The van der Waals surface area contributed by atoms with Gasteiger partial charge in [-0.25, -0.2) is 9.97 Å². The number of carbonyl (C=O) groups excluding carboxylic acids is 1. The SMILES string of the molecule is COc1ncc(-c2nc3c(n2C(C)C)CN(c2cc(Cl)cn(C)c2=O)C3=O)c(OC)n1. The molecule has 0 spiro atoms. The predicted octanol–water partition coefficient (Wildman–Crippen LogP) is 2.45. The third-order valence-corrected chi connectivity index (χ3v) is 5.26. The van der Waals surface area contributed by atoms with Crippen LogP contribution in [-0.4, -0.2) is 44.2 Å². The number of methoxy groups -OCH3 is 2. The first-order chi connectivity index (χ1) is 14.8. The Hall–Kier alpha value is -3.40. The number of halogens is 1. The molecule has 10 nitrogen and oxygen atoms in total. The Kier molecular flexibility index (Phi) is 5.18. The molecule has 0 N–H and O–H groups in total. The molecular weight excluding hydrogens is 424 g/mol. The van der Waals surface area contributed by atoms with Gasteiger partial charge < -0.3 is 18.6 Å². The lowest BCUT2D eigenvalue weighted by Gasteiger charge is -2.20. The largest absolute Gasteiger partial charge is 0.480 e. The maximum atomic E-state index is 13.2. The molecule has 1 aliphatic rings. The second-order valence-corrected chi connectivity index (χ2v) is 7.76. The minimum absolute atomic E-state index is 0.0343. The standard InChI is InChI=1S/C20H21ClN6O4/c1-10(2)27-14-9-26(13-6-11(21)8-25(3)18(13)28)19(29)15(14)23-16(27)12-7-22-20(31-5)24-17(12)30-4/h6-8,10H,9H2,1-5H3. The van der Waals surface area contributed by atoms with Crippen molar-refractivity contribution in [3.63, 3.8) is 0 Å². The van der Waals surface area contributed by atoms with Crippen molar-refractivity contribution in [1.82, 2.24) is 24.1 Å². The van der Waals surface area contributed by atoms with Gasteiger partial charge in [-0.15, -0.1) is 0 Å². The summed E-state index contributed by atoms with van der Waals surface area (Å²) in [4.78, 5) is 40.2.